The molecule has 44 valence electrons. The topological polar surface area (TPSA) is 51.0 Å². The molecule has 0 aliphatic heterocycles. The molecule has 1 aromatic heterocycles. The summed E-state index contributed by atoms with van der Waals surface area (Å²) in [4.78, 5) is 14.9. The summed E-state index contributed by atoms with van der Waals surface area (Å²) in [6, 6.07) is 0. The Kier molecular flexibility index (Phi) is 2.91. The molecule has 4 nitrogen and oxygen atoms in total. The van der Waals surface area contributed by atoms with E-state index in [1.807, 2.05) is 0 Å². The first kappa shape index (κ1) is 8.26. The molecule has 10 heavy (non-hydrogen) atoms. The SMILES string of the molecule is B=Nc1n[c]([Na])nc(Cl)n1. The fourth-order valence-corrected chi connectivity index (χ4v) is 1.26. The Morgan fingerprint density at radius 1 is 1.40 bits per heavy atom. The maximum absolute atomic E-state index is 5.50. The minimum absolute atomic E-state index is 0.183. The molecular weight excluding hydrogens is 161 g/mol. The second-order valence-corrected chi connectivity index (χ2v) is 2.84. The first-order valence-electron chi connectivity index (χ1n) is 2.57. The molecule has 1 aromatic rings. The van der Waals surface area contributed by atoms with Crippen LogP contribution in [0.25, 0.3) is 0 Å². The maximum atomic E-state index is 5.50. The molecule has 0 saturated heterocycles. The summed E-state index contributed by atoms with van der Waals surface area (Å²) in [5.74, 6) is 0.296. The third kappa shape index (κ3) is 2.09. The molecule has 0 amide bonds. The Bertz CT molecular complexity index is 246. The number of aromatic nitrogens is 3. The van der Waals surface area contributed by atoms with Crippen LogP contribution in [-0.2, 0) is 0 Å². The van der Waals surface area contributed by atoms with E-state index in [1.165, 1.54) is 0 Å². The summed E-state index contributed by atoms with van der Waals surface area (Å²) in [5, 5.41) is 0.183. The zero-order valence-electron chi connectivity index (χ0n) is 5.37. The van der Waals surface area contributed by atoms with E-state index in [0.717, 1.165) is 27.9 Å². The van der Waals surface area contributed by atoms with Crippen molar-refractivity contribution in [1.82, 2.24) is 15.0 Å². The molecule has 7 heteroatoms. The van der Waals surface area contributed by atoms with E-state index in [2.05, 4.69) is 27.5 Å². The fourth-order valence-electron chi connectivity index (χ4n) is 0.506. The summed E-state index contributed by atoms with van der Waals surface area (Å²) in [5.41, 5.74) is 0. The van der Waals surface area contributed by atoms with Gasteiger partial charge in [-0.3, -0.25) is 0 Å². The van der Waals surface area contributed by atoms with Crippen molar-refractivity contribution < 1.29 is 0 Å². The standard InChI is InChI=1S/C3HBClN4.Na/c4-9-3-7-1-6-2(5)8-3;/h4H;. The van der Waals surface area contributed by atoms with Crippen LogP contribution >= 0.6 is 11.6 Å². The number of rotatable bonds is 1. The zero-order valence-corrected chi connectivity index (χ0v) is 8.13. The normalized spacial score (nSPS) is 9.40. The van der Waals surface area contributed by atoms with Gasteiger partial charge in [0, 0.05) is 0 Å². The van der Waals surface area contributed by atoms with Crippen molar-refractivity contribution in [3.8, 4) is 0 Å². The summed E-state index contributed by atoms with van der Waals surface area (Å²) < 4.78 is 0.683. The third-order valence-electron chi connectivity index (χ3n) is 0.850. The molecule has 0 spiro atoms. The van der Waals surface area contributed by atoms with Crippen LogP contribution in [0.4, 0.5) is 5.95 Å². The Morgan fingerprint density at radius 3 is 2.60 bits per heavy atom. The van der Waals surface area contributed by atoms with Gasteiger partial charge in [0.05, 0.1) is 0 Å². The van der Waals surface area contributed by atoms with Crippen molar-refractivity contribution in [2.24, 2.45) is 4.90 Å². The van der Waals surface area contributed by atoms with Gasteiger partial charge in [0.15, 0.2) is 0 Å². The van der Waals surface area contributed by atoms with E-state index in [1.54, 1.807) is 0 Å². The second kappa shape index (κ2) is 3.53. The van der Waals surface area contributed by atoms with Gasteiger partial charge in [-0.2, -0.15) is 0 Å². The number of halogens is 1. The van der Waals surface area contributed by atoms with E-state index in [0.29, 0.717) is 9.02 Å². The van der Waals surface area contributed by atoms with Gasteiger partial charge in [0.2, 0.25) is 0 Å². The molecule has 0 radical (unpaired) electrons. The molecule has 0 aliphatic rings. The average Bonchev–Trinajstić information content (AvgIpc) is 1.85. The molecule has 0 atom stereocenters. The predicted molar refractivity (Wildman–Crippen MR) is 39.5 cm³/mol. The molecule has 0 fully saturated rings. The van der Waals surface area contributed by atoms with Crippen molar-refractivity contribution in [2.45, 2.75) is 0 Å². The van der Waals surface area contributed by atoms with E-state index in [-0.39, 0.29) is 5.28 Å². The van der Waals surface area contributed by atoms with Gasteiger partial charge in [-0.1, -0.05) is 0 Å². The van der Waals surface area contributed by atoms with Crippen LogP contribution in [0.1, 0.15) is 0 Å². The van der Waals surface area contributed by atoms with Gasteiger partial charge in [-0.15, -0.1) is 0 Å². The van der Waals surface area contributed by atoms with Crippen LogP contribution in [0.3, 0.4) is 0 Å². The Labute approximate surface area is 81.0 Å². The van der Waals surface area contributed by atoms with Crippen molar-refractivity contribution in [1.29, 1.82) is 0 Å². The Hall–Kier alpha value is 0.165. The predicted octanol–water partition coefficient (Wildman–Crippen LogP) is -0.965. The zero-order chi connectivity index (χ0) is 7.56. The monoisotopic (exact) mass is 162 g/mol. The van der Waals surface area contributed by atoms with Gasteiger partial charge in [0.1, 0.15) is 0 Å². The molecular formula is C3HBClN4Na. The quantitative estimate of drug-likeness (QED) is 0.500. The van der Waals surface area contributed by atoms with E-state index in [9.17, 15) is 0 Å². The van der Waals surface area contributed by atoms with Gasteiger partial charge in [-0.25, -0.2) is 0 Å². The number of nitrogens with zero attached hydrogens (tertiary/aromatic N) is 4. The Morgan fingerprint density at radius 2 is 2.10 bits per heavy atom. The molecule has 0 bridgehead atoms. The first-order chi connectivity index (χ1) is 4.72. The van der Waals surface area contributed by atoms with Crippen molar-refractivity contribution in [3.63, 3.8) is 0 Å². The van der Waals surface area contributed by atoms with Crippen LogP contribution in [0.2, 0.25) is 5.28 Å². The van der Waals surface area contributed by atoms with Crippen molar-refractivity contribution >= 4 is 56.2 Å². The van der Waals surface area contributed by atoms with E-state index >= 15 is 0 Å². The molecule has 0 aliphatic carbocycles. The molecule has 0 saturated carbocycles. The van der Waals surface area contributed by atoms with Crippen LogP contribution in [-0.4, -0.2) is 50.5 Å². The van der Waals surface area contributed by atoms with Gasteiger partial charge >= 0.3 is 81.3 Å². The fraction of sp³-hybridized carbons (Fsp3) is 0. The number of hydrogen-bond donors (Lipinski definition) is 0. The minimum atomic E-state index is 0.183. The summed E-state index contributed by atoms with van der Waals surface area (Å²) in [6.45, 7) is 0. The molecule has 0 unspecified atom stereocenters. The van der Waals surface area contributed by atoms with Crippen LogP contribution in [0.15, 0.2) is 4.90 Å². The van der Waals surface area contributed by atoms with Crippen LogP contribution < -0.4 is 3.07 Å². The average molecular weight is 162 g/mol. The van der Waals surface area contributed by atoms with E-state index < -0.39 is 0 Å². The van der Waals surface area contributed by atoms with Gasteiger partial charge in [0.25, 0.3) is 0 Å². The van der Waals surface area contributed by atoms with Gasteiger partial charge < -0.3 is 0 Å². The summed E-state index contributed by atoms with van der Waals surface area (Å²) >= 11 is 6.24. The van der Waals surface area contributed by atoms with Gasteiger partial charge in [-0.05, 0) is 0 Å². The third-order valence-corrected chi connectivity index (χ3v) is 1.47. The second-order valence-electron chi connectivity index (χ2n) is 1.61. The van der Waals surface area contributed by atoms with E-state index in [4.69, 9.17) is 11.6 Å². The summed E-state index contributed by atoms with van der Waals surface area (Å²) in [7, 11) is 3.27. The Balaban J connectivity index is 3.18. The van der Waals surface area contributed by atoms with Crippen LogP contribution in [0.5, 0.6) is 0 Å². The molecule has 0 N–H and O–H groups in total. The molecule has 1 rings (SSSR count). The number of hydrogen-bond acceptors (Lipinski definition) is 4. The molecule has 0 aromatic carbocycles. The van der Waals surface area contributed by atoms with Crippen molar-refractivity contribution in [2.75, 3.05) is 0 Å². The molecule has 1 heterocycles. The van der Waals surface area contributed by atoms with Crippen molar-refractivity contribution in [3.05, 3.63) is 5.28 Å². The van der Waals surface area contributed by atoms with Crippen LogP contribution in [0, 0.1) is 0 Å². The summed E-state index contributed by atoms with van der Waals surface area (Å²) in [6.07, 6.45) is 0. The first-order valence-corrected chi connectivity index (χ1v) is 3.95.